The lowest BCUT2D eigenvalue weighted by Crippen LogP contribution is -2.15. The van der Waals surface area contributed by atoms with Crippen molar-refractivity contribution in [2.24, 2.45) is 0 Å². The molecule has 0 fully saturated rings. The average molecular weight is 391 g/mol. The third-order valence-electron chi connectivity index (χ3n) is 3.51. The molecule has 0 bridgehead atoms. The highest BCUT2D eigenvalue weighted by atomic mass is 32.2. The van der Waals surface area contributed by atoms with Crippen LogP contribution >= 0.6 is 0 Å². The summed E-state index contributed by atoms with van der Waals surface area (Å²) in [5.74, 6) is -0.177. The maximum Gasteiger partial charge on any atom is 0.261 e. The van der Waals surface area contributed by atoms with Crippen LogP contribution in [0.4, 0.5) is 17.1 Å². The van der Waals surface area contributed by atoms with Gasteiger partial charge in [0.15, 0.2) is 0 Å². The fraction of sp³-hybridized carbons (Fsp3) is 0.222. The number of nitrogens with one attached hydrogen (secondary N) is 3. The number of carbonyl (C=O) groups excluding carboxylic acids is 2. The molecule has 0 aliphatic rings. The van der Waals surface area contributed by atoms with Crippen LogP contribution < -0.4 is 20.1 Å². The molecule has 27 heavy (non-hydrogen) atoms. The van der Waals surface area contributed by atoms with Crippen LogP contribution in [0.3, 0.4) is 0 Å². The number of sulfonamides is 1. The molecule has 0 unspecified atom stereocenters. The molecule has 2 aromatic rings. The second kappa shape index (κ2) is 8.54. The summed E-state index contributed by atoms with van der Waals surface area (Å²) < 4.78 is 33.0. The van der Waals surface area contributed by atoms with Crippen LogP contribution in [-0.2, 0) is 19.6 Å². The summed E-state index contributed by atoms with van der Waals surface area (Å²) in [6.45, 7) is 3.05. The largest absolute Gasteiger partial charge is 0.495 e. The van der Waals surface area contributed by atoms with Crippen LogP contribution in [0.2, 0.25) is 0 Å². The van der Waals surface area contributed by atoms with E-state index in [0.29, 0.717) is 11.4 Å². The van der Waals surface area contributed by atoms with Gasteiger partial charge in [0, 0.05) is 19.0 Å². The van der Waals surface area contributed by atoms with Gasteiger partial charge in [0.1, 0.15) is 5.75 Å². The van der Waals surface area contributed by atoms with Crippen LogP contribution in [0.25, 0.3) is 0 Å². The standard InChI is InChI=1S/C18H21N3O5S/c1-4-18(23)20-16-11-15(8-9-17(16)26-3)27(24,25)21-14-7-5-6-13(10-14)19-12(2)22/h5-11,21H,4H2,1-3H3,(H,19,22)(H,20,23). The van der Waals surface area contributed by atoms with Crippen molar-refractivity contribution in [3.63, 3.8) is 0 Å². The van der Waals surface area contributed by atoms with Crippen molar-refractivity contribution < 1.29 is 22.7 Å². The van der Waals surface area contributed by atoms with E-state index in [1.165, 1.54) is 38.3 Å². The Morgan fingerprint density at radius 1 is 1.04 bits per heavy atom. The van der Waals surface area contributed by atoms with Crippen LogP contribution in [0.15, 0.2) is 47.4 Å². The van der Waals surface area contributed by atoms with Crippen LogP contribution in [0.5, 0.6) is 5.75 Å². The van der Waals surface area contributed by atoms with Gasteiger partial charge in [-0.05, 0) is 36.4 Å². The van der Waals surface area contributed by atoms with Crippen molar-refractivity contribution in [3.8, 4) is 5.75 Å². The number of anilines is 3. The second-order valence-corrected chi connectivity index (χ2v) is 7.31. The van der Waals surface area contributed by atoms with E-state index in [2.05, 4.69) is 15.4 Å². The summed E-state index contributed by atoms with van der Waals surface area (Å²) in [5.41, 5.74) is 1.02. The van der Waals surface area contributed by atoms with E-state index < -0.39 is 10.0 Å². The van der Waals surface area contributed by atoms with Gasteiger partial charge in [-0.3, -0.25) is 14.3 Å². The Bertz CT molecular complexity index is 957. The number of rotatable bonds is 7. The van der Waals surface area contributed by atoms with Gasteiger partial charge >= 0.3 is 0 Å². The van der Waals surface area contributed by atoms with Gasteiger partial charge in [-0.25, -0.2) is 8.42 Å². The first-order chi connectivity index (χ1) is 12.7. The number of carbonyl (C=O) groups is 2. The molecule has 2 aromatic carbocycles. The van der Waals surface area contributed by atoms with Crippen LogP contribution in [0.1, 0.15) is 20.3 Å². The minimum Gasteiger partial charge on any atom is -0.495 e. The first-order valence-electron chi connectivity index (χ1n) is 8.13. The molecule has 0 radical (unpaired) electrons. The van der Waals surface area contributed by atoms with Crippen molar-refractivity contribution in [2.45, 2.75) is 25.2 Å². The number of hydrogen-bond donors (Lipinski definition) is 3. The lowest BCUT2D eigenvalue weighted by atomic mass is 10.3. The fourth-order valence-corrected chi connectivity index (χ4v) is 3.34. The van der Waals surface area contributed by atoms with Gasteiger partial charge in [0.2, 0.25) is 11.8 Å². The quantitative estimate of drug-likeness (QED) is 0.672. The number of amides is 2. The SMILES string of the molecule is CCC(=O)Nc1cc(S(=O)(=O)Nc2cccc(NC(C)=O)c2)ccc1OC. The van der Waals surface area contributed by atoms with E-state index in [-0.39, 0.29) is 34.5 Å². The molecule has 3 N–H and O–H groups in total. The molecule has 9 heteroatoms. The van der Waals surface area contributed by atoms with E-state index in [4.69, 9.17) is 4.74 Å². The zero-order chi connectivity index (χ0) is 20.0. The number of ether oxygens (including phenoxy) is 1. The average Bonchev–Trinajstić information content (AvgIpc) is 2.60. The molecule has 0 saturated heterocycles. The minimum atomic E-state index is -3.92. The molecule has 0 spiro atoms. The van der Waals surface area contributed by atoms with Crippen molar-refractivity contribution in [2.75, 3.05) is 22.5 Å². The molecular formula is C18H21N3O5S. The van der Waals surface area contributed by atoms with E-state index in [1.54, 1.807) is 25.1 Å². The summed E-state index contributed by atoms with van der Waals surface area (Å²) in [6, 6.07) is 10.5. The second-order valence-electron chi connectivity index (χ2n) is 5.63. The monoisotopic (exact) mass is 391 g/mol. The topological polar surface area (TPSA) is 114 Å². The Morgan fingerprint density at radius 3 is 2.37 bits per heavy atom. The fourth-order valence-electron chi connectivity index (χ4n) is 2.27. The molecule has 2 rings (SSSR count). The van der Waals surface area contributed by atoms with Crippen LogP contribution in [-0.4, -0.2) is 27.3 Å². The highest BCUT2D eigenvalue weighted by molar-refractivity contribution is 7.92. The molecule has 0 aliphatic heterocycles. The Morgan fingerprint density at radius 2 is 1.74 bits per heavy atom. The van der Waals surface area contributed by atoms with Gasteiger partial charge in [0.25, 0.3) is 10.0 Å². The highest BCUT2D eigenvalue weighted by Crippen LogP contribution is 2.29. The van der Waals surface area contributed by atoms with E-state index in [9.17, 15) is 18.0 Å². The molecular weight excluding hydrogens is 370 g/mol. The normalized spacial score (nSPS) is 10.8. The molecule has 144 valence electrons. The molecule has 2 amide bonds. The Kier molecular flexibility index (Phi) is 6.40. The predicted octanol–water partition coefficient (Wildman–Crippen LogP) is 2.80. The predicted molar refractivity (Wildman–Crippen MR) is 103 cm³/mol. The molecule has 0 saturated carbocycles. The van der Waals surface area contributed by atoms with Crippen molar-refractivity contribution in [1.29, 1.82) is 0 Å². The van der Waals surface area contributed by atoms with Gasteiger partial charge in [-0.15, -0.1) is 0 Å². The molecule has 0 heterocycles. The Balaban J connectivity index is 2.32. The van der Waals surface area contributed by atoms with Crippen LogP contribution in [0, 0.1) is 0 Å². The molecule has 8 nitrogen and oxygen atoms in total. The van der Waals surface area contributed by atoms with Crippen molar-refractivity contribution in [1.82, 2.24) is 0 Å². The van der Waals surface area contributed by atoms with Gasteiger partial charge in [0.05, 0.1) is 23.4 Å². The minimum absolute atomic E-state index is 0.0420. The number of benzene rings is 2. The van der Waals surface area contributed by atoms with Gasteiger partial charge < -0.3 is 15.4 Å². The van der Waals surface area contributed by atoms with E-state index in [1.807, 2.05) is 0 Å². The Labute approximate surface area is 158 Å². The summed E-state index contributed by atoms with van der Waals surface area (Å²) in [7, 11) is -2.49. The third kappa shape index (κ3) is 5.45. The smallest absolute Gasteiger partial charge is 0.261 e. The van der Waals surface area contributed by atoms with E-state index >= 15 is 0 Å². The zero-order valence-corrected chi connectivity index (χ0v) is 16.0. The molecule has 0 aromatic heterocycles. The Hall–Kier alpha value is -3.07. The summed E-state index contributed by atoms with van der Waals surface area (Å²) in [5, 5.41) is 5.20. The lowest BCUT2D eigenvalue weighted by Gasteiger charge is -2.13. The zero-order valence-electron chi connectivity index (χ0n) is 15.2. The summed E-state index contributed by atoms with van der Waals surface area (Å²) in [6.07, 6.45) is 0.244. The van der Waals surface area contributed by atoms with E-state index in [0.717, 1.165) is 0 Å². The number of hydrogen-bond acceptors (Lipinski definition) is 5. The highest BCUT2D eigenvalue weighted by Gasteiger charge is 2.18. The lowest BCUT2D eigenvalue weighted by molar-refractivity contribution is -0.116. The first kappa shape index (κ1) is 20.2. The van der Waals surface area contributed by atoms with Crippen molar-refractivity contribution >= 4 is 38.9 Å². The number of methoxy groups -OCH3 is 1. The van der Waals surface area contributed by atoms with Crippen molar-refractivity contribution in [3.05, 3.63) is 42.5 Å². The van der Waals surface area contributed by atoms with Gasteiger partial charge in [-0.1, -0.05) is 13.0 Å². The third-order valence-corrected chi connectivity index (χ3v) is 4.89. The molecule has 0 atom stereocenters. The summed E-state index contributed by atoms with van der Waals surface area (Å²) in [4.78, 5) is 22.8. The summed E-state index contributed by atoms with van der Waals surface area (Å²) >= 11 is 0. The van der Waals surface area contributed by atoms with Gasteiger partial charge in [-0.2, -0.15) is 0 Å². The maximum absolute atomic E-state index is 12.7. The first-order valence-corrected chi connectivity index (χ1v) is 9.62. The molecule has 0 aliphatic carbocycles. The maximum atomic E-state index is 12.7.